The molecule has 0 spiro atoms. The molecule has 198 valence electrons. The zero-order valence-corrected chi connectivity index (χ0v) is 22.2. The molecule has 3 fully saturated rings. The number of amides is 2. The Hall–Kier alpha value is -1.48. The molecule has 0 radical (unpaired) electrons. The van der Waals surface area contributed by atoms with Crippen molar-refractivity contribution in [1.82, 2.24) is 25.8 Å². The van der Waals surface area contributed by atoms with Gasteiger partial charge in [0.15, 0.2) is 0 Å². The fourth-order valence-electron chi connectivity index (χ4n) is 6.61. The Kier molecular flexibility index (Phi) is 9.61. The molecule has 3 aliphatic heterocycles. The molecule has 0 bridgehead atoms. The van der Waals surface area contributed by atoms with Gasteiger partial charge in [0, 0.05) is 65.3 Å². The number of hydrogen-bond acceptors (Lipinski definition) is 5. The Bertz CT molecular complexity index is 736. The number of piperidine rings is 1. The van der Waals surface area contributed by atoms with E-state index in [4.69, 9.17) is 0 Å². The molecular weight excluding hydrogens is 440 g/mol. The summed E-state index contributed by atoms with van der Waals surface area (Å²) >= 11 is 0. The Morgan fingerprint density at radius 2 is 1.89 bits per heavy atom. The minimum Gasteiger partial charge on any atom is -0.355 e. The molecule has 35 heavy (non-hydrogen) atoms. The van der Waals surface area contributed by atoms with E-state index < -0.39 is 0 Å². The molecule has 0 aromatic carbocycles. The third-order valence-electron chi connectivity index (χ3n) is 8.95. The SMILES string of the molecule is CC1=C[C@@H](CNC(=O)C2CNCNC2)[C@H](C(C)C)C[C@H]1CC(=O)N1CCN(C2CCCC[NH2+]2)CC1. The quantitative estimate of drug-likeness (QED) is 0.387. The molecule has 1 aliphatic carbocycles. The van der Waals surface area contributed by atoms with Crippen LogP contribution in [0.3, 0.4) is 0 Å². The summed E-state index contributed by atoms with van der Waals surface area (Å²) in [5.41, 5.74) is 1.32. The van der Waals surface area contributed by atoms with Crippen LogP contribution in [0.2, 0.25) is 0 Å². The van der Waals surface area contributed by atoms with Crippen LogP contribution < -0.4 is 21.3 Å². The minimum absolute atomic E-state index is 0.00300. The summed E-state index contributed by atoms with van der Waals surface area (Å²) in [5, 5.41) is 12.2. The monoisotopic (exact) mass is 489 g/mol. The Labute approximate surface area is 212 Å². The van der Waals surface area contributed by atoms with E-state index >= 15 is 0 Å². The normalized spacial score (nSPS) is 31.3. The van der Waals surface area contributed by atoms with Crippen molar-refractivity contribution in [2.75, 3.05) is 59.0 Å². The number of carbonyl (C=O) groups is 2. The fraction of sp³-hybridized carbons (Fsp3) is 0.852. The zero-order valence-electron chi connectivity index (χ0n) is 22.2. The van der Waals surface area contributed by atoms with Crippen molar-refractivity contribution in [3.05, 3.63) is 11.6 Å². The van der Waals surface area contributed by atoms with E-state index in [9.17, 15) is 9.59 Å². The summed E-state index contributed by atoms with van der Waals surface area (Å²) in [7, 11) is 0. The van der Waals surface area contributed by atoms with Gasteiger partial charge >= 0.3 is 0 Å². The Balaban J connectivity index is 1.28. The lowest BCUT2D eigenvalue weighted by Crippen LogP contribution is -2.95. The van der Waals surface area contributed by atoms with Crippen LogP contribution in [0.15, 0.2) is 11.6 Å². The van der Waals surface area contributed by atoms with E-state index in [1.165, 1.54) is 31.4 Å². The molecule has 8 heteroatoms. The van der Waals surface area contributed by atoms with Crippen molar-refractivity contribution in [3.8, 4) is 0 Å². The first-order valence-electron chi connectivity index (χ1n) is 14.1. The highest BCUT2D eigenvalue weighted by atomic mass is 16.2. The molecule has 4 rings (SSSR count). The smallest absolute Gasteiger partial charge is 0.225 e. The van der Waals surface area contributed by atoms with Crippen LogP contribution in [0.4, 0.5) is 0 Å². The topological polar surface area (TPSA) is 93.3 Å². The summed E-state index contributed by atoms with van der Waals surface area (Å²) in [5.74, 6) is 2.12. The van der Waals surface area contributed by atoms with Crippen LogP contribution in [0.5, 0.6) is 0 Å². The predicted octanol–water partition coefficient (Wildman–Crippen LogP) is 0.331. The molecule has 5 N–H and O–H groups in total. The number of quaternary nitrogens is 1. The number of allylic oxidation sites excluding steroid dienone is 1. The van der Waals surface area contributed by atoms with Gasteiger partial charge in [-0.05, 0) is 49.9 Å². The third kappa shape index (κ3) is 7.06. The number of nitrogens with two attached hydrogens (primary N) is 1. The van der Waals surface area contributed by atoms with Crippen molar-refractivity contribution in [1.29, 1.82) is 0 Å². The molecule has 8 nitrogen and oxygen atoms in total. The standard InChI is InChI=1S/C27H48N6O2/c1-19(2)24-13-21(20(3)12-22(24)17-31-27(35)23-15-28-18-29-16-23)14-26(34)33-10-8-32(9-11-33)25-6-4-5-7-30-25/h12,19,21-25,28-30H,4-11,13-18H2,1-3H3,(H,31,35)/p+1/t21-,22-,24-,25?/m0/s1. The first-order valence-corrected chi connectivity index (χ1v) is 14.1. The average Bonchev–Trinajstić information content (AvgIpc) is 2.89. The maximum atomic E-state index is 13.2. The summed E-state index contributed by atoms with van der Waals surface area (Å²) < 4.78 is 0. The largest absolute Gasteiger partial charge is 0.355 e. The second-order valence-electron chi connectivity index (χ2n) is 11.7. The molecule has 2 amide bonds. The lowest BCUT2D eigenvalue weighted by molar-refractivity contribution is -0.717. The minimum atomic E-state index is -0.00300. The summed E-state index contributed by atoms with van der Waals surface area (Å²) in [6.07, 6.45) is 8.61. The molecule has 0 saturated carbocycles. The van der Waals surface area contributed by atoms with Crippen molar-refractivity contribution in [2.45, 2.75) is 59.0 Å². The van der Waals surface area contributed by atoms with E-state index in [0.29, 0.717) is 48.7 Å². The van der Waals surface area contributed by atoms with Crippen molar-refractivity contribution in [3.63, 3.8) is 0 Å². The molecule has 3 heterocycles. The second-order valence-corrected chi connectivity index (χ2v) is 11.7. The van der Waals surface area contributed by atoms with Gasteiger partial charge in [-0.2, -0.15) is 0 Å². The van der Waals surface area contributed by atoms with E-state index in [0.717, 1.165) is 52.4 Å². The number of piperazine rings is 1. The summed E-state index contributed by atoms with van der Waals surface area (Å²) in [4.78, 5) is 30.6. The Morgan fingerprint density at radius 1 is 1.14 bits per heavy atom. The van der Waals surface area contributed by atoms with Crippen LogP contribution in [-0.4, -0.2) is 86.8 Å². The van der Waals surface area contributed by atoms with Gasteiger partial charge in [-0.1, -0.05) is 25.5 Å². The molecule has 4 atom stereocenters. The number of hydrogen-bond donors (Lipinski definition) is 4. The zero-order chi connectivity index (χ0) is 24.8. The highest BCUT2D eigenvalue weighted by molar-refractivity contribution is 5.79. The van der Waals surface area contributed by atoms with E-state index in [1.807, 2.05) is 0 Å². The van der Waals surface area contributed by atoms with E-state index in [-0.39, 0.29) is 11.8 Å². The van der Waals surface area contributed by atoms with Gasteiger partial charge in [-0.25, -0.2) is 0 Å². The second kappa shape index (κ2) is 12.7. The number of carbonyl (C=O) groups excluding carboxylic acids is 2. The van der Waals surface area contributed by atoms with Crippen LogP contribution in [0.1, 0.15) is 52.9 Å². The highest BCUT2D eigenvalue weighted by Crippen LogP contribution is 2.39. The van der Waals surface area contributed by atoms with E-state index in [1.54, 1.807) is 0 Å². The van der Waals surface area contributed by atoms with Crippen LogP contribution in [-0.2, 0) is 9.59 Å². The first kappa shape index (κ1) is 26.6. The van der Waals surface area contributed by atoms with Gasteiger partial charge in [0.25, 0.3) is 0 Å². The molecular formula is C27H49N6O2+. The van der Waals surface area contributed by atoms with Gasteiger partial charge in [-0.3, -0.25) is 14.5 Å². The summed E-state index contributed by atoms with van der Waals surface area (Å²) in [6, 6.07) is 0. The number of rotatable bonds is 7. The highest BCUT2D eigenvalue weighted by Gasteiger charge is 2.35. The van der Waals surface area contributed by atoms with Gasteiger partial charge in [0.1, 0.15) is 6.17 Å². The molecule has 0 aromatic heterocycles. The van der Waals surface area contributed by atoms with Crippen LogP contribution in [0, 0.1) is 29.6 Å². The van der Waals surface area contributed by atoms with Crippen molar-refractivity contribution >= 4 is 11.8 Å². The predicted molar refractivity (Wildman–Crippen MR) is 138 cm³/mol. The van der Waals surface area contributed by atoms with Crippen molar-refractivity contribution in [2.24, 2.45) is 29.6 Å². The molecule has 4 aliphatic rings. The number of nitrogens with one attached hydrogen (secondary N) is 3. The van der Waals surface area contributed by atoms with Gasteiger partial charge in [0.2, 0.25) is 11.8 Å². The lowest BCUT2D eigenvalue weighted by atomic mass is 9.69. The van der Waals surface area contributed by atoms with Gasteiger partial charge < -0.3 is 26.2 Å². The van der Waals surface area contributed by atoms with Crippen molar-refractivity contribution < 1.29 is 14.9 Å². The maximum Gasteiger partial charge on any atom is 0.225 e. The first-order chi connectivity index (χ1) is 16.9. The van der Waals surface area contributed by atoms with Gasteiger partial charge in [0.05, 0.1) is 12.5 Å². The third-order valence-corrected chi connectivity index (χ3v) is 8.95. The average molecular weight is 490 g/mol. The Morgan fingerprint density at radius 3 is 2.54 bits per heavy atom. The number of nitrogens with zero attached hydrogens (tertiary/aromatic N) is 2. The molecule has 0 aromatic rings. The molecule has 3 saturated heterocycles. The van der Waals surface area contributed by atoms with Crippen LogP contribution >= 0.6 is 0 Å². The summed E-state index contributed by atoms with van der Waals surface area (Å²) in [6.45, 7) is 14.7. The molecule has 1 unspecified atom stereocenters. The lowest BCUT2D eigenvalue weighted by Gasteiger charge is -2.40. The van der Waals surface area contributed by atoms with E-state index in [2.05, 4.69) is 57.9 Å². The maximum absolute atomic E-state index is 13.2. The van der Waals surface area contributed by atoms with Gasteiger partial charge in [-0.15, -0.1) is 0 Å². The van der Waals surface area contributed by atoms with Crippen LogP contribution in [0.25, 0.3) is 0 Å². The fourth-order valence-corrected chi connectivity index (χ4v) is 6.61.